The third-order valence-corrected chi connectivity index (χ3v) is 6.35. The van der Waals surface area contributed by atoms with Crippen molar-refractivity contribution in [3.05, 3.63) is 35.0 Å². The number of rotatable bonds is 8. The van der Waals surface area contributed by atoms with E-state index in [1.807, 2.05) is 24.4 Å². The summed E-state index contributed by atoms with van der Waals surface area (Å²) >= 11 is 1.40. The summed E-state index contributed by atoms with van der Waals surface area (Å²) in [6, 6.07) is 5.90. The van der Waals surface area contributed by atoms with Crippen molar-refractivity contribution in [1.29, 1.82) is 0 Å². The highest BCUT2D eigenvalue weighted by atomic mass is 32.1. The highest BCUT2D eigenvalue weighted by Crippen LogP contribution is 2.26. The minimum Gasteiger partial charge on any atom is -0.497 e. The molecule has 2 aromatic heterocycles. The Morgan fingerprint density at radius 1 is 1.39 bits per heavy atom. The topological polar surface area (TPSA) is 100 Å². The van der Waals surface area contributed by atoms with Gasteiger partial charge in [0.1, 0.15) is 10.8 Å². The molecule has 1 fully saturated rings. The fourth-order valence-corrected chi connectivity index (χ4v) is 4.81. The van der Waals surface area contributed by atoms with Crippen molar-refractivity contribution >= 4 is 39.2 Å². The molecule has 0 spiro atoms. The van der Waals surface area contributed by atoms with Crippen LogP contribution in [0.3, 0.4) is 0 Å². The van der Waals surface area contributed by atoms with Crippen LogP contribution in [0, 0.1) is 11.8 Å². The fraction of sp³-hybridized carbons (Fsp3) is 0.455. The maximum absolute atomic E-state index is 12.6. The van der Waals surface area contributed by atoms with Crippen molar-refractivity contribution in [3.63, 3.8) is 0 Å². The zero-order chi connectivity index (χ0) is 22.0. The summed E-state index contributed by atoms with van der Waals surface area (Å²) in [6.07, 6.45) is 3.75. The Morgan fingerprint density at radius 3 is 3.00 bits per heavy atom. The number of benzene rings is 1. The standard InChI is InChI=1S/C22H27N5O3S/c1-13(2)8-19-25-26-22(31-19)24-21(29)15-9-20(28)27(12-15)7-6-14-11-23-18-5-4-16(30-3)10-17(14)18/h4-5,10-11,13,15,23H,6-9,12H2,1-3H3,(H,24,26,29)/t15-/m1/s1. The SMILES string of the molecule is COc1ccc2[nH]cc(CCN3C[C@H](C(=O)Nc4nnc(CC(C)C)s4)CC3=O)c2c1. The first-order valence-electron chi connectivity index (χ1n) is 10.5. The Bertz CT molecular complexity index is 1090. The number of anilines is 1. The molecule has 164 valence electrons. The van der Waals surface area contributed by atoms with Crippen LogP contribution in [-0.2, 0) is 22.4 Å². The molecule has 3 aromatic rings. The molecule has 1 saturated heterocycles. The van der Waals surface area contributed by atoms with Crippen LogP contribution >= 0.6 is 11.3 Å². The molecule has 1 atom stereocenters. The number of amides is 2. The number of aromatic amines is 1. The molecule has 1 aromatic carbocycles. The molecule has 0 aliphatic carbocycles. The Kier molecular flexibility index (Phi) is 6.22. The number of hydrogen-bond acceptors (Lipinski definition) is 6. The van der Waals surface area contributed by atoms with Gasteiger partial charge in [0.15, 0.2) is 0 Å². The molecule has 0 radical (unpaired) electrons. The van der Waals surface area contributed by atoms with Gasteiger partial charge in [0.2, 0.25) is 16.9 Å². The number of likely N-dealkylation sites (tertiary alicyclic amines) is 1. The van der Waals surface area contributed by atoms with Crippen LogP contribution in [0.15, 0.2) is 24.4 Å². The first-order chi connectivity index (χ1) is 14.9. The Balaban J connectivity index is 1.34. The van der Waals surface area contributed by atoms with E-state index in [0.29, 0.717) is 30.6 Å². The fourth-order valence-electron chi connectivity index (χ4n) is 3.85. The lowest BCUT2D eigenvalue weighted by molar-refractivity contribution is -0.128. The van der Waals surface area contributed by atoms with E-state index < -0.39 is 0 Å². The van der Waals surface area contributed by atoms with E-state index in [0.717, 1.165) is 33.6 Å². The molecule has 0 saturated carbocycles. The zero-order valence-corrected chi connectivity index (χ0v) is 18.8. The maximum Gasteiger partial charge on any atom is 0.231 e. The van der Waals surface area contributed by atoms with Gasteiger partial charge in [-0.15, -0.1) is 10.2 Å². The second-order valence-electron chi connectivity index (χ2n) is 8.30. The van der Waals surface area contributed by atoms with Crippen LogP contribution in [0.5, 0.6) is 5.75 Å². The molecular formula is C22H27N5O3S. The number of carbonyl (C=O) groups is 2. The molecular weight excluding hydrogens is 414 g/mol. The van der Waals surface area contributed by atoms with Gasteiger partial charge < -0.3 is 19.9 Å². The lowest BCUT2D eigenvalue weighted by Gasteiger charge is -2.16. The number of fused-ring (bicyclic) bond motifs is 1. The molecule has 1 aliphatic heterocycles. The van der Waals surface area contributed by atoms with E-state index in [1.54, 1.807) is 12.0 Å². The highest BCUT2D eigenvalue weighted by molar-refractivity contribution is 7.15. The van der Waals surface area contributed by atoms with Gasteiger partial charge in [-0.2, -0.15) is 0 Å². The smallest absolute Gasteiger partial charge is 0.231 e. The van der Waals surface area contributed by atoms with Gasteiger partial charge >= 0.3 is 0 Å². The van der Waals surface area contributed by atoms with Crippen molar-refractivity contribution in [3.8, 4) is 5.75 Å². The Hall–Kier alpha value is -2.94. The molecule has 31 heavy (non-hydrogen) atoms. The highest BCUT2D eigenvalue weighted by Gasteiger charge is 2.34. The van der Waals surface area contributed by atoms with Gasteiger partial charge in [-0.1, -0.05) is 25.2 Å². The lowest BCUT2D eigenvalue weighted by atomic mass is 10.1. The van der Waals surface area contributed by atoms with E-state index in [1.165, 1.54) is 11.3 Å². The minimum atomic E-state index is -0.368. The Labute approximate surface area is 185 Å². The summed E-state index contributed by atoms with van der Waals surface area (Å²) in [5.41, 5.74) is 2.16. The Morgan fingerprint density at radius 2 is 2.23 bits per heavy atom. The van der Waals surface area contributed by atoms with Crippen molar-refractivity contribution in [1.82, 2.24) is 20.1 Å². The summed E-state index contributed by atoms with van der Waals surface area (Å²) in [6.45, 7) is 5.23. The van der Waals surface area contributed by atoms with Crippen LogP contribution < -0.4 is 10.1 Å². The molecule has 8 nitrogen and oxygen atoms in total. The molecule has 3 heterocycles. The number of nitrogens with one attached hydrogen (secondary N) is 2. The van der Waals surface area contributed by atoms with E-state index in [9.17, 15) is 9.59 Å². The largest absolute Gasteiger partial charge is 0.497 e. The van der Waals surface area contributed by atoms with Crippen molar-refractivity contribution < 1.29 is 14.3 Å². The van der Waals surface area contributed by atoms with Crippen molar-refractivity contribution in [2.24, 2.45) is 11.8 Å². The van der Waals surface area contributed by atoms with Crippen LogP contribution in [0.25, 0.3) is 10.9 Å². The predicted molar refractivity (Wildman–Crippen MR) is 120 cm³/mol. The van der Waals surface area contributed by atoms with E-state index >= 15 is 0 Å². The van der Waals surface area contributed by atoms with Crippen molar-refractivity contribution in [2.75, 3.05) is 25.5 Å². The monoisotopic (exact) mass is 441 g/mol. The summed E-state index contributed by atoms with van der Waals surface area (Å²) in [5, 5.41) is 13.5. The van der Waals surface area contributed by atoms with E-state index in [2.05, 4.69) is 34.3 Å². The molecule has 0 unspecified atom stereocenters. The number of methoxy groups -OCH3 is 1. The minimum absolute atomic E-state index is 0.00957. The molecule has 1 aliphatic rings. The van der Waals surface area contributed by atoms with E-state index in [-0.39, 0.29) is 24.2 Å². The molecule has 4 rings (SSSR count). The number of aromatic nitrogens is 3. The third kappa shape index (κ3) is 4.87. The summed E-state index contributed by atoms with van der Waals surface area (Å²) < 4.78 is 5.32. The second-order valence-corrected chi connectivity index (χ2v) is 9.37. The number of carbonyl (C=O) groups excluding carboxylic acids is 2. The van der Waals surface area contributed by atoms with Gasteiger partial charge in [0.05, 0.1) is 13.0 Å². The lowest BCUT2D eigenvalue weighted by Crippen LogP contribution is -2.30. The van der Waals surface area contributed by atoms with Crippen LogP contribution in [0.2, 0.25) is 0 Å². The summed E-state index contributed by atoms with van der Waals surface area (Å²) in [5.74, 6) is 0.759. The molecule has 2 N–H and O–H groups in total. The maximum atomic E-state index is 12.6. The van der Waals surface area contributed by atoms with Crippen molar-refractivity contribution in [2.45, 2.75) is 33.1 Å². The first-order valence-corrected chi connectivity index (χ1v) is 11.3. The quantitative estimate of drug-likeness (QED) is 0.559. The average Bonchev–Trinajstić information content (AvgIpc) is 3.44. The number of H-pyrrole nitrogens is 1. The molecule has 2 amide bonds. The number of hydrogen-bond donors (Lipinski definition) is 2. The summed E-state index contributed by atoms with van der Waals surface area (Å²) in [7, 11) is 1.65. The van der Waals surface area contributed by atoms with Gasteiger partial charge in [-0.05, 0) is 36.1 Å². The van der Waals surface area contributed by atoms with Gasteiger partial charge in [-0.25, -0.2) is 0 Å². The van der Waals surface area contributed by atoms with Gasteiger partial charge in [0, 0.05) is 43.0 Å². The third-order valence-electron chi connectivity index (χ3n) is 5.49. The number of ether oxygens (including phenoxy) is 1. The number of nitrogens with zero attached hydrogens (tertiary/aromatic N) is 3. The predicted octanol–water partition coefficient (Wildman–Crippen LogP) is 3.26. The zero-order valence-electron chi connectivity index (χ0n) is 18.0. The normalized spacial score (nSPS) is 16.5. The van der Waals surface area contributed by atoms with Crippen LogP contribution in [0.1, 0.15) is 30.8 Å². The van der Waals surface area contributed by atoms with Crippen LogP contribution in [-0.4, -0.2) is 52.1 Å². The average molecular weight is 442 g/mol. The first kappa shape index (κ1) is 21.3. The van der Waals surface area contributed by atoms with E-state index in [4.69, 9.17) is 4.74 Å². The van der Waals surface area contributed by atoms with Crippen LogP contribution in [0.4, 0.5) is 5.13 Å². The van der Waals surface area contributed by atoms with Gasteiger partial charge in [0.25, 0.3) is 0 Å². The molecule has 9 heteroatoms. The van der Waals surface area contributed by atoms with Gasteiger partial charge in [-0.3, -0.25) is 9.59 Å². The molecule has 0 bridgehead atoms. The second kappa shape index (κ2) is 9.05. The summed E-state index contributed by atoms with van der Waals surface area (Å²) in [4.78, 5) is 30.2.